The SMILES string of the molecule is Cc1nnc(C=O)c(O)c1C. The molecule has 0 aromatic carbocycles. The van der Waals surface area contributed by atoms with Crippen molar-refractivity contribution in [2.24, 2.45) is 0 Å². The van der Waals surface area contributed by atoms with Crippen LogP contribution in [-0.2, 0) is 0 Å². The van der Waals surface area contributed by atoms with Gasteiger partial charge in [-0.1, -0.05) is 0 Å². The Balaban J connectivity index is 3.36. The number of carbonyl (C=O) groups excluding carboxylic acids is 1. The third-order valence-electron chi connectivity index (χ3n) is 1.56. The van der Waals surface area contributed by atoms with E-state index in [1.54, 1.807) is 13.8 Å². The number of aldehydes is 1. The van der Waals surface area contributed by atoms with E-state index < -0.39 is 0 Å². The van der Waals surface area contributed by atoms with Crippen LogP contribution < -0.4 is 0 Å². The standard InChI is InChI=1S/C7H8N2O2/c1-4-5(2)8-9-6(3-10)7(4)11/h3H,1-2H3,(H,8,11). The molecule has 0 aliphatic rings. The summed E-state index contributed by atoms with van der Waals surface area (Å²) < 4.78 is 0. The van der Waals surface area contributed by atoms with E-state index in [9.17, 15) is 9.90 Å². The third-order valence-corrected chi connectivity index (χ3v) is 1.56. The number of rotatable bonds is 1. The Kier molecular flexibility index (Phi) is 1.85. The molecule has 0 saturated heterocycles. The van der Waals surface area contributed by atoms with Gasteiger partial charge in [-0.15, -0.1) is 5.10 Å². The van der Waals surface area contributed by atoms with Gasteiger partial charge in [-0.25, -0.2) is 0 Å². The summed E-state index contributed by atoms with van der Waals surface area (Å²) in [5.74, 6) is -0.0764. The fourth-order valence-electron chi connectivity index (χ4n) is 0.694. The van der Waals surface area contributed by atoms with E-state index in [1.807, 2.05) is 0 Å². The fraction of sp³-hybridized carbons (Fsp3) is 0.286. The van der Waals surface area contributed by atoms with E-state index in [0.29, 0.717) is 17.5 Å². The van der Waals surface area contributed by atoms with Gasteiger partial charge in [0.05, 0.1) is 5.69 Å². The highest BCUT2D eigenvalue weighted by molar-refractivity contribution is 5.76. The molecule has 1 rings (SSSR count). The molecule has 1 N–H and O–H groups in total. The first-order valence-corrected chi connectivity index (χ1v) is 3.15. The highest BCUT2D eigenvalue weighted by atomic mass is 16.3. The minimum atomic E-state index is -0.0764. The second-order valence-corrected chi connectivity index (χ2v) is 2.26. The summed E-state index contributed by atoms with van der Waals surface area (Å²) in [6, 6.07) is 0. The molecule has 58 valence electrons. The van der Waals surface area contributed by atoms with Crippen LogP contribution >= 0.6 is 0 Å². The average molecular weight is 152 g/mol. The zero-order valence-corrected chi connectivity index (χ0v) is 6.33. The Morgan fingerprint density at radius 2 is 2.00 bits per heavy atom. The largest absolute Gasteiger partial charge is 0.505 e. The van der Waals surface area contributed by atoms with Gasteiger partial charge < -0.3 is 5.11 Å². The van der Waals surface area contributed by atoms with Gasteiger partial charge in [0.2, 0.25) is 0 Å². The normalized spacial score (nSPS) is 9.64. The molecule has 0 unspecified atom stereocenters. The van der Waals surface area contributed by atoms with Gasteiger partial charge in [0.1, 0.15) is 0 Å². The lowest BCUT2D eigenvalue weighted by Gasteiger charge is -2.01. The number of hydrogen-bond donors (Lipinski definition) is 1. The van der Waals surface area contributed by atoms with Crippen molar-refractivity contribution in [1.29, 1.82) is 0 Å². The summed E-state index contributed by atoms with van der Waals surface area (Å²) in [6.07, 6.45) is 0.481. The number of aryl methyl sites for hydroxylation is 1. The summed E-state index contributed by atoms with van der Waals surface area (Å²) in [4.78, 5) is 10.2. The lowest BCUT2D eigenvalue weighted by Crippen LogP contribution is -1.97. The monoisotopic (exact) mass is 152 g/mol. The molecule has 0 bridgehead atoms. The molecule has 0 saturated carbocycles. The molecule has 11 heavy (non-hydrogen) atoms. The molecule has 0 spiro atoms. The zero-order valence-electron chi connectivity index (χ0n) is 6.33. The smallest absolute Gasteiger partial charge is 0.174 e. The summed E-state index contributed by atoms with van der Waals surface area (Å²) in [6.45, 7) is 3.41. The first kappa shape index (κ1) is 7.65. The van der Waals surface area contributed by atoms with Crippen molar-refractivity contribution in [3.05, 3.63) is 17.0 Å². The van der Waals surface area contributed by atoms with Crippen LogP contribution in [0.25, 0.3) is 0 Å². The molecule has 0 atom stereocenters. The van der Waals surface area contributed by atoms with Crippen LogP contribution in [0.4, 0.5) is 0 Å². The predicted octanol–water partition coefficient (Wildman–Crippen LogP) is 0.612. The lowest BCUT2D eigenvalue weighted by atomic mass is 10.2. The summed E-state index contributed by atoms with van der Waals surface area (Å²) in [7, 11) is 0. The fourth-order valence-corrected chi connectivity index (χ4v) is 0.694. The van der Waals surface area contributed by atoms with Crippen molar-refractivity contribution < 1.29 is 9.90 Å². The van der Waals surface area contributed by atoms with Crippen molar-refractivity contribution in [2.45, 2.75) is 13.8 Å². The molecule has 0 fully saturated rings. The van der Waals surface area contributed by atoms with E-state index >= 15 is 0 Å². The molecule has 1 aromatic rings. The van der Waals surface area contributed by atoms with Crippen LogP contribution in [0.15, 0.2) is 0 Å². The van der Waals surface area contributed by atoms with Crippen molar-refractivity contribution >= 4 is 6.29 Å². The number of aromatic nitrogens is 2. The van der Waals surface area contributed by atoms with Crippen molar-refractivity contribution in [3.8, 4) is 5.75 Å². The Morgan fingerprint density at radius 3 is 2.55 bits per heavy atom. The summed E-state index contributed by atoms with van der Waals surface area (Å²) >= 11 is 0. The topological polar surface area (TPSA) is 63.1 Å². The second-order valence-electron chi connectivity index (χ2n) is 2.26. The number of nitrogens with zero attached hydrogens (tertiary/aromatic N) is 2. The highest BCUT2D eigenvalue weighted by Crippen LogP contribution is 2.18. The van der Waals surface area contributed by atoms with Crippen molar-refractivity contribution in [3.63, 3.8) is 0 Å². The number of hydrogen-bond acceptors (Lipinski definition) is 4. The van der Waals surface area contributed by atoms with E-state index in [0.717, 1.165) is 0 Å². The lowest BCUT2D eigenvalue weighted by molar-refractivity contribution is 0.111. The average Bonchev–Trinajstić information content (AvgIpc) is 2.01. The Labute approximate surface area is 63.9 Å². The maximum absolute atomic E-state index is 10.2. The van der Waals surface area contributed by atoms with Crippen LogP contribution in [0.5, 0.6) is 5.75 Å². The number of carbonyl (C=O) groups is 1. The van der Waals surface area contributed by atoms with Crippen LogP contribution in [0.1, 0.15) is 21.7 Å². The van der Waals surface area contributed by atoms with E-state index in [-0.39, 0.29) is 11.4 Å². The Hall–Kier alpha value is -1.45. The van der Waals surface area contributed by atoms with Gasteiger partial charge >= 0.3 is 0 Å². The second kappa shape index (κ2) is 2.65. The van der Waals surface area contributed by atoms with Crippen molar-refractivity contribution in [2.75, 3.05) is 0 Å². The quantitative estimate of drug-likeness (QED) is 0.599. The van der Waals surface area contributed by atoms with Gasteiger partial charge in [0, 0.05) is 5.56 Å². The minimum Gasteiger partial charge on any atom is -0.505 e. The zero-order chi connectivity index (χ0) is 8.43. The molecule has 1 heterocycles. The Morgan fingerprint density at radius 1 is 1.36 bits per heavy atom. The van der Waals surface area contributed by atoms with Gasteiger partial charge in [0.25, 0.3) is 0 Å². The molecule has 0 radical (unpaired) electrons. The molecule has 1 aromatic heterocycles. The molecule has 0 aliphatic carbocycles. The molecule has 0 amide bonds. The molecule has 4 heteroatoms. The molecular weight excluding hydrogens is 144 g/mol. The van der Waals surface area contributed by atoms with Crippen LogP contribution in [0.3, 0.4) is 0 Å². The molecular formula is C7H8N2O2. The molecule has 0 aliphatic heterocycles. The van der Waals surface area contributed by atoms with Crippen LogP contribution in [0, 0.1) is 13.8 Å². The van der Waals surface area contributed by atoms with Gasteiger partial charge in [-0.2, -0.15) is 5.10 Å². The van der Waals surface area contributed by atoms with Crippen LogP contribution in [0.2, 0.25) is 0 Å². The summed E-state index contributed by atoms with van der Waals surface area (Å²) in [5, 5.41) is 16.4. The highest BCUT2D eigenvalue weighted by Gasteiger charge is 2.07. The summed E-state index contributed by atoms with van der Waals surface area (Å²) in [5.41, 5.74) is 1.23. The third kappa shape index (κ3) is 1.19. The van der Waals surface area contributed by atoms with Crippen LogP contribution in [-0.4, -0.2) is 21.6 Å². The van der Waals surface area contributed by atoms with Gasteiger partial charge in [0.15, 0.2) is 17.7 Å². The first-order chi connectivity index (χ1) is 5.16. The minimum absolute atomic E-state index is 0.00639. The first-order valence-electron chi connectivity index (χ1n) is 3.15. The predicted molar refractivity (Wildman–Crippen MR) is 38.6 cm³/mol. The van der Waals surface area contributed by atoms with E-state index in [1.165, 1.54) is 0 Å². The van der Waals surface area contributed by atoms with Gasteiger partial charge in [-0.3, -0.25) is 4.79 Å². The number of aromatic hydroxyl groups is 1. The van der Waals surface area contributed by atoms with Crippen molar-refractivity contribution in [1.82, 2.24) is 10.2 Å². The van der Waals surface area contributed by atoms with E-state index in [2.05, 4.69) is 10.2 Å². The van der Waals surface area contributed by atoms with Gasteiger partial charge in [-0.05, 0) is 13.8 Å². The maximum Gasteiger partial charge on any atom is 0.174 e. The molecule has 4 nitrogen and oxygen atoms in total. The maximum atomic E-state index is 10.2. The van der Waals surface area contributed by atoms with E-state index in [4.69, 9.17) is 0 Å². The Bertz CT molecular complexity index is 297.